The number of benzene rings is 1. The van der Waals surface area contributed by atoms with Gasteiger partial charge in [-0.3, -0.25) is 5.10 Å². The zero-order chi connectivity index (χ0) is 14.8. The van der Waals surface area contributed by atoms with Crippen molar-refractivity contribution in [3.05, 3.63) is 40.4 Å². The van der Waals surface area contributed by atoms with E-state index < -0.39 is 10.0 Å². The largest absolute Gasteiger partial charge is 0.326 e. The maximum absolute atomic E-state index is 12.3. The van der Waals surface area contributed by atoms with Crippen molar-refractivity contribution in [1.29, 1.82) is 0 Å². The Balaban J connectivity index is 2.31. The van der Waals surface area contributed by atoms with E-state index in [1.165, 1.54) is 12.4 Å². The quantitative estimate of drug-likeness (QED) is 0.751. The Morgan fingerprint density at radius 1 is 1.45 bits per heavy atom. The van der Waals surface area contributed by atoms with Crippen LogP contribution in [0.2, 0.25) is 5.02 Å². The van der Waals surface area contributed by atoms with Crippen molar-refractivity contribution in [2.45, 2.75) is 24.9 Å². The molecule has 4 N–H and O–H groups in total. The maximum Gasteiger partial charge on any atom is 0.241 e. The molecule has 0 fully saturated rings. The highest BCUT2D eigenvalue weighted by atomic mass is 35.5. The van der Waals surface area contributed by atoms with E-state index in [0.29, 0.717) is 22.0 Å². The van der Waals surface area contributed by atoms with Crippen molar-refractivity contribution in [2.75, 3.05) is 0 Å². The number of aromatic nitrogens is 3. The summed E-state index contributed by atoms with van der Waals surface area (Å²) in [4.78, 5) is 3.96. The van der Waals surface area contributed by atoms with Gasteiger partial charge in [0.1, 0.15) is 12.2 Å². The maximum atomic E-state index is 12.3. The van der Waals surface area contributed by atoms with Gasteiger partial charge in [0.05, 0.1) is 11.4 Å². The van der Waals surface area contributed by atoms with E-state index >= 15 is 0 Å². The monoisotopic (exact) mass is 315 g/mol. The van der Waals surface area contributed by atoms with Crippen molar-refractivity contribution in [3.8, 4) is 0 Å². The fraction of sp³-hybridized carbons (Fsp3) is 0.273. The number of H-pyrrole nitrogens is 1. The smallest absolute Gasteiger partial charge is 0.241 e. The summed E-state index contributed by atoms with van der Waals surface area (Å²) in [6.45, 7) is 1.94. The van der Waals surface area contributed by atoms with Crippen molar-refractivity contribution in [1.82, 2.24) is 19.9 Å². The minimum atomic E-state index is -3.70. The Bertz CT molecular complexity index is 700. The minimum absolute atomic E-state index is 0.0201. The number of sulfonamides is 1. The highest BCUT2D eigenvalue weighted by Crippen LogP contribution is 2.24. The molecule has 1 aromatic carbocycles. The lowest BCUT2D eigenvalue weighted by atomic mass is 10.1. The standard InChI is InChI=1S/C11H14ClN5O2S/c1-7-8(4-13)2-9(12)3-10(7)20(18,19)16-5-11-14-6-15-17-11/h2-3,6,16H,4-5,13H2,1H3,(H,14,15,17). The molecule has 0 amide bonds. The number of nitrogens with one attached hydrogen (secondary N) is 2. The number of aromatic amines is 1. The third-order valence-electron chi connectivity index (χ3n) is 2.84. The van der Waals surface area contributed by atoms with E-state index in [1.807, 2.05) is 0 Å². The summed E-state index contributed by atoms with van der Waals surface area (Å²) in [7, 11) is -3.70. The van der Waals surface area contributed by atoms with Gasteiger partial charge in [0.15, 0.2) is 0 Å². The van der Waals surface area contributed by atoms with Gasteiger partial charge in [0, 0.05) is 11.6 Å². The van der Waals surface area contributed by atoms with Crippen LogP contribution in [-0.4, -0.2) is 23.6 Å². The molecule has 2 aromatic rings. The second-order valence-electron chi connectivity index (χ2n) is 4.15. The van der Waals surface area contributed by atoms with Gasteiger partial charge >= 0.3 is 0 Å². The van der Waals surface area contributed by atoms with Crippen molar-refractivity contribution >= 4 is 21.6 Å². The van der Waals surface area contributed by atoms with Crippen LogP contribution in [0.5, 0.6) is 0 Å². The first-order valence-corrected chi connectivity index (χ1v) is 7.63. The van der Waals surface area contributed by atoms with E-state index in [9.17, 15) is 8.42 Å². The van der Waals surface area contributed by atoms with Gasteiger partial charge in [-0.1, -0.05) is 11.6 Å². The van der Waals surface area contributed by atoms with Crippen LogP contribution < -0.4 is 10.5 Å². The second-order valence-corrected chi connectivity index (χ2v) is 6.32. The summed E-state index contributed by atoms with van der Waals surface area (Å²) < 4.78 is 27.0. The molecule has 0 aliphatic carbocycles. The van der Waals surface area contributed by atoms with Crippen molar-refractivity contribution < 1.29 is 8.42 Å². The molecule has 108 valence electrons. The van der Waals surface area contributed by atoms with Gasteiger partial charge in [-0.05, 0) is 30.2 Å². The Labute approximate surface area is 121 Å². The third-order valence-corrected chi connectivity index (χ3v) is 4.58. The normalized spacial score (nSPS) is 11.8. The zero-order valence-corrected chi connectivity index (χ0v) is 12.3. The fourth-order valence-corrected chi connectivity index (χ4v) is 3.36. The average Bonchev–Trinajstić information content (AvgIpc) is 2.92. The molecule has 20 heavy (non-hydrogen) atoms. The predicted molar refractivity (Wildman–Crippen MR) is 74.5 cm³/mol. The highest BCUT2D eigenvalue weighted by Gasteiger charge is 2.19. The van der Waals surface area contributed by atoms with Crippen molar-refractivity contribution in [3.63, 3.8) is 0 Å². The first-order chi connectivity index (χ1) is 9.44. The Hall–Kier alpha value is -1.48. The summed E-state index contributed by atoms with van der Waals surface area (Å²) in [5, 5.41) is 6.55. The van der Waals surface area contributed by atoms with Crippen LogP contribution in [0, 0.1) is 6.92 Å². The molecular weight excluding hydrogens is 302 g/mol. The van der Waals surface area contributed by atoms with E-state index in [0.717, 1.165) is 0 Å². The topological polar surface area (TPSA) is 114 Å². The molecule has 9 heteroatoms. The summed E-state index contributed by atoms with van der Waals surface area (Å²) in [6, 6.07) is 3.06. The second kappa shape index (κ2) is 5.88. The van der Waals surface area contributed by atoms with E-state index in [2.05, 4.69) is 19.9 Å². The van der Waals surface area contributed by atoms with Crippen LogP contribution in [0.3, 0.4) is 0 Å². The number of rotatable bonds is 5. The first kappa shape index (κ1) is 14.9. The molecule has 1 heterocycles. The zero-order valence-electron chi connectivity index (χ0n) is 10.7. The molecule has 0 atom stereocenters. The number of halogens is 1. The van der Waals surface area contributed by atoms with Crippen LogP contribution in [0.1, 0.15) is 17.0 Å². The fourth-order valence-electron chi connectivity index (χ4n) is 1.76. The van der Waals surface area contributed by atoms with Gasteiger partial charge in [-0.15, -0.1) is 0 Å². The van der Waals surface area contributed by atoms with Gasteiger partial charge in [-0.25, -0.2) is 18.1 Å². The molecule has 7 nitrogen and oxygen atoms in total. The Morgan fingerprint density at radius 3 is 2.80 bits per heavy atom. The van der Waals surface area contributed by atoms with Crippen LogP contribution in [0.4, 0.5) is 0 Å². The van der Waals surface area contributed by atoms with Gasteiger partial charge in [0.25, 0.3) is 0 Å². The first-order valence-electron chi connectivity index (χ1n) is 5.77. The number of nitrogens with zero attached hydrogens (tertiary/aromatic N) is 2. The van der Waals surface area contributed by atoms with Gasteiger partial charge in [0.2, 0.25) is 10.0 Å². The highest BCUT2D eigenvalue weighted by molar-refractivity contribution is 7.89. The lowest BCUT2D eigenvalue weighted by Gasteiger charge is -2.12. The molecule has 1 aromatic heterocycles. The third kappa shape index (κ3) is 3.15. The SMILES string of the molecule is Cc1c(CN)cc(Cl)cc1S(=O)(=O)NCc1ncn[nH]1. The molecule has 0 unspecified atom stereocenters. The predicted octanol–water partition coefficient (Wildman–Crippen LogP) is 0.704. The van der Waals surface area contributed by atoms with Crippen LogP contribution in [0.25, 0.3) is 0 Å². The molecule has 0 radical (unpaired) electrons. The number of hydrogen-bond acceptors (Lipinski definition) is 5. The molecule has 0 aliphatic heterocycles. The molecule has 2 rings (SSSR count). The lowest BCUT2D eigenvalue weighted by Crippen LogP contribution is -2.25. The number of nitrogens with two attached hydrogens (primary N) is 1. The van der Waals surface area contributed by atoms with Crippen LogP contribution >= 0.6 is 11.6 Å². The Kier molecular flexibility index (Phi) is 4.39. The van der Waals surface area contributed by atoms with Crippen LogP contribution in [-0.2, 0) is 23.1 Å². The summed E-state index contributed by atoms with van der Waals surface area (Å²) in [6.07, 6.45) is 1.31. The molecule has 0 saturated carbocycles. The Morgan fingerprint density at radius 2 is 2.20 bits per heavy atom. The molecule has 0 aliphatic rings. The molecular formula is C11H14ClN5O2S. The molecule has 0 bridgehead atoms. The number of hydrogen-bond donors (Lipinski definition) is 3. The summed E-state index contributed by atoms with van der Waals surface area (Å²) >= 11 is 5.93. The summed E-state index contributed by atoms with van der Waals surface area (Å²) in [5.74, 6) is 0.423. The van der Waals surface area contributed by atoms with Crippen molar-refractivity contribution in [2.24, 2.45) is 5.73 Å². The van der Waals surface area contributed by atoms with Gasteiger partial charge < -0.3 is 5.73 Å². The molecule has 0 saturated heterocycles. The minimum Gasteiger partial charge on any atom is -0.326 e. The van der Waals surface area contributed by atoms with Crippen LogP contribution in [0.15, 0.2) is 23.4 Å². The van der Waals surface area contributed by atoms with E-state index in [-0.39, 0.29) is 18.0 Å². The molecule has 0 spiro atoms. The van der Waals surface area contributed by atoms with Gasteiger partial charge in [-0.2, -0.15) is 5.10 Å². The average molecular weight is 316 g/mol. The summed E-state index contributed by atoms with van der Waals surface area (Å²) in [5.41, 5.74) is 6.86. The van der Waals surface area contributed by atoms with E-state index in [4.69, 9.17) is 17.3 Å². The lowest BCUT2D eigenvalue weighted by molar-refractivity contribution is 0.578. The van der Waals surface area contributed by atoms with E-state index in [1.54, 1.807) is 13.0 Å².